The number of nitrogens with two attached hydrogens (primary N) is 1. The smallest absolute Gasteiger partial charge is 0.261 e. The molecule has 5 aromatic rings. The highest BCUT2D eigenvalue weighted by Crippen LogP contribution is 2.36. The van der Waals surface area contributed by atoms with Gasteiger partial charge in [-0.05, 0) is 30.2 Å². The molecule has 0 atom stereocenters. The van der Waals surface area contributed by atoms with Crippen LogP contribution in [0, 0.1) is 17.6 Å². The molecule has 3 aromatic carbocycles. The van der Waals surface area contributed by atoms with Crippen molar-refractivity contribution in [1.82, 2.24) is 19.5 Å². The lowest BCUT2D eigenvalue weighted by atomic mass is 10.0. The van der Waals surface area contributed by atoms with Gasteiger partial charge in [-0.3, -0.25) is 4.55 Å². The third kappa shape index (κ3) is 6.06. The molecule has 5 rings (SSSR count). The average molecular weight is 540 g/mol. The zero-order chi connectivity index (χ0) is 27.6. The Kier molecular flexibility index (Phi) is 7.61. The monoisotopic (exact) mass is 539 g/mol. The summed E-state index contributed by atoms with van der Waals surface area (Å²) in [4.78, 5) is 12.3. The predicted molar refractivity (Wildman–Crippen MR) is 145 cm³/mol. The number of imidazole rings is 2. The number of anilines is 1. The fourth-order valence-electron chi connectivity index (χ4n) is 4.08. The Morgan fingerprint density at radius 2 is 1.61 bits per heavy atom. The van der Waals surface area contributed by atoms with Crippen LogP contribution in [0.5, 0.6) is 0 Å². The van der Waals surface area contributed by atoms with Crippen LogP contribution in [0.2, 0.25) is 0 Å². The van der Waals surface area contributed by atoms with Gasteiger partial charge in [0.2, 0.25) is 5.95 Å². The van der Waals surface area contributed by atoms with E-state index in [1.165, 1.54) is 18.2 Å². The van der Waals surface area contributed by atoms with Crippen LogP contribution in [0.1, 0.15) is 13.8 Å². The lowest BCUT2D eigenvalue weighted by Gasteiger charge is -2.10. The lowest BCUT2D eigenvalue weighted by molar-refractivity contribution is 0.490. The van der Waals surface area contributed by atoms with Crippen LogP contribution in [-0.4, -0.2) is 38.7 Å². The van der Waals surface area contributed by atoms with E-state index in [9.17, 15) is 17.2 Å². The zero-order valence-electron chi connectivity index (χ0n) is 21.0. The molecule has 2 heterocycles. The van der Waals surface area contributed by atoms with Gasteiger partial charge in [0.1, 0.15) is 17.5 Å². The van der Waals surface area contributed by atoms with Crippen LogP contribution >= 0.6 is 0 Å². The first-order chi connectivity index (χ1) is 17.9. The topological polar surface area (TPSA) is 127 Å². The first-order valence-corrected chi connectivity index (χ1v) is 13.6. The first kappa shape index (κ1) is 27.0. The Bertz CT molecular complexity index is 1670. The number of hydrogen-bond acceptors (Lipinski definition) is 5. The summed E-state index contributed by atoms with van der Waals surface area (Å²) in [5.74, 6) is -0.374. The number of hydrogen-bond donors (Lipinski definition) is 3. The molecular formula is C27H27F2N5O3S. The van der Waals surface area contributed by atoms with Crippen molar-refractivity contribution in [2.45, 2.75) is 20.4 Å². The van der Waals surface area contributed by atoms with Crippen molar-refractivity contribution in [2.24, 2.45) is 5.92 Å². The normalized spacial score (nSPS) is 11.6. The molecule has 198 valence electrons. The molecule has 8 nitrogen and oxygen atoms in total. The van der Waals surface area contributed by atoms with Crippen LogP contribution in [-0.2, 0) is 16.7 Å². The number of rotatable bonds is 5. The summed E-state index contributed by atoms with van der Waals surface area (Å²) in [6, 6.07) is 19.1. The van der Waals surface area contributed by atoms with Gasteiger partial charge in [0.15, 0.2) is 0 Å². The van der Waals surface area contributed by atoms with Gasteiger partial charge < -0.3 is 15.3 Å². The molecule has 0 saturated carbocycles. The molecule has 2 aromatic heterocycles. The van der Waals surface area contributed by atoms with Gasteiger partial charge in [-0.1, -0.05) is 56.3 Å². The number of fused-ring (bicyclic) bond motifs is 1. The van der Waals surface area contributed by atoms with Crippen LogP contribution in [0.15, 0.2) is 66.7 Å². The molecule has 0 aliphatic rings. The second kappa shape index (κ2) is 10.7. The van der Waals surface area contributed by atoms with Gasteiger partial charge in [-0.2, -0.15) is 8.42 Å². The summed E-state index contributed by atoms with van der Waals surface area (Å²) >= 11 is 0. The minimum atomic E-state index is -3.67. The van der Waals surface area contributed by atoms with Gasteiger partial charge in [-0.15, -0.1) is 0 Å². The number of aromatic amines is 1. The first-order valence-electron chi connectivity index (χ1n) is 11.7. The molecule has 38 heavy (non-hydrogen) atoms. The van der Waals surface area contributed by atoms with E-state index in [1.54, 1.807) is 0 Å². The van der Waals surface area contributed by atoms with Gasteiger partial charge in [0.05, 0.1) is 34.2 Å². The van der Waals surface area contributed by atoms with Crippen molar-refractivity contribution in [1.29, 1.82) is 0 Å². The fourth-order valence-corrected chi connectivity index (χ4v) is 4.08. The minimum Gasteiger partial charge on any atom is -0.369 e. The Balaban J connectivity index is 0.000000617. The summed E-state index contributed by atoms with van der Waals surface area (Å²) in [5.41, 5.74) is 10.6. The third-order valence-electron chi connectivity index (χ3n) is 5.56. The highest BCUT2D eigenvalue weighted by atomic mass is 32.2. The lowest BCUT2D eigenvalue weighted by Crippen LogP contribution is -2.07. The van der Waals surface area contributed by atoms with Gasteiger partial charge in [0, 0.05) is 17.7 Å². The highest BCUT2D eigenvalue weighted by Gasteiger charge is 2.21. The van der Waals surface area contributed by atoms with Crippen molar-refractivity contribution in [3.8, 4) is 33.9 Å². The molecule has 0 radical (unpaired) electrons. The second-order valence-electron chi connectivity index (χ2n) is 9.18. The summed E-state index contributed by atoms with van der Waals surface area (Å²) in [7, 11) is -3.67. The molecule has 11 heteroatoms. The molecule has 0 spiro atoms. The fraction of sp³-hybridized carbons (Fsp3) is 0.185. The standard InChI is InChI=1S/C26H23F2N5.CH4O3S/c1-15(2)14-33-21-13-17(11-12-20(21)30-26(33)29)24-23(16-7-4-3-5-8-16)31-25(32-24)22-18(27)9-6-10-19(22)28;1-5(2,3)4/h3-13,15H,14H2,1-2H3,(H2,29,30)(H,31,32);1H3,(H,2,3,4). The van der Waals surface area contributed by atoms with Crippen LogP contribution in [0.25, 0.3) is 44.9 Å². The molecular weight excluding hydrogens is 512 g/mol. The number of aromatic nitrogens is 4. The Hall–Kier alpha value is -4.09. The average Bonchev–Trinajstić information content (AvgIpc) is 3.39. The molecule has 0 amide bonds. The predicted octanol–water partition coefficient (Wildman–Crippen LogP) is 5.78. The molecule has 0 aliphatic carbocycles. The Labute approximate surface area is 218 Å². The second-order valence-corrected chi connectivity index (χ2v) is 10.6. The Morgan fingerprint density at radius 1 is 0.974 bits per heavy atom. The van der Waals surface area contributed by atoms with Crippen molar-refractivity contribution < 1.29 is 21.8 Å². The third-order valence-corrected chi connectivity index (χ3v) is 5.56. The van der Waals surface area contributed by atoms with E-state index in [0.717, 1.165) is 28.7 Å². The molecule has 0 unspecified atom stereocenters. The number of nitrogens with zero attached hydrogens (tertiary/aromatic N) is 3. The van der Waals surface area contributed by atoms with E-state index in [1.807, 2.05) is 53.1 Å². The number of nitrogens with one attached hydrogen (secondary N) is 1. The van der Waals surface area contributed by atoms with E-state index >= 15 is 0 Å². The summed E-state index contributed by atoms with van der Waals surface area (Å²) in [6.07, 6.45) is 0.715. The van der Waals surface area contributed by atoms with E-state index < -0.39 is 21.8 Å². The van der Waals surface area contributed by atoms with E-state index in [4.69, 9.17) is 10.3 Å². The minimum absolute atomic E-state index is 0.134. The van der Waals surface area contributed by atoms with Crippen LogP contribution in [0.3, 0.4) is 0 Å². The largest absolute Gasteiger partial charge is 0.369 e. The maximum atomic E-state index is 14.5. The van der Waals surface area contributed by atoms with Crippen molar-refractivity contribution in [3.63, 3.8) is 0 Å². The van der Waals surface area contributed by atoms with E-state index in [0.29, 0.717) is 29.5 Å². The van der Waals surface area contributed by atoms with E-state index in [-0.39, 0.29) is 11.4 Å². The number of benzene rings is 3. The van der Waals surface area contributed by atoms with Crippen molar-refractivity contribution in [2.75, 3.05) is 12.0 Å². The van der Waals surface area contributed by atoms with Gasteiger partial charge >= 0.3 is 0 Å². The molecule has 4 N–H and O–H groups in total. The quantitative estimate of drug-likeness (QED) is 0.243. The van der Waals surface area contributed by atoms with Crippen LogP contribution < -0.4 is 5.73 Å². The van der Waals surface area contributed by atoms with Crippen LogP contribution in [0.4, 0.5) is 14.7 Å². The highest BCUT2D eigenvalue weighted by molar-refractivity contribution is 7.85. The molecule has 0 saturated heterocycles. The summed E-state index contributed by atoms with van der Waals surface area (Å²) < 4.78 is 56.9. The van der Waals surface area contributed by atoms with Gasteiger partial charge in [-0.25, -0.2) is 18.7 Å². The number of nitrogen functional groups attached to an aromatic ring is 1. The van der Waals surface area contributed by atoms with Crippen molar-refractivity contribution >= 4 is 27.1 Å². The maximum absolute atomic E-state index is 14.5. The van der Waals surface area contributed by atoms with E-state index in [2.05, 4.69) is 28.8 Å². The van der Waals surface area contributed by atoms with Crippen molar-refractivity contribution in [3.05, 3.63) is 78.4 Å². The number of halogens is 2. The zero-order valence-corrected chi connectivity index (χ0v) is 21.8. The number of H-pyrrole nitrogens is 1. The Morgan fingerprint density at radius 3 is 2.21 bits per heavy atom. The molecule has 0 bridgehead atoms. The SMILES string of the molecule is CC(C)Cn1c(N)nc2ccc(-c3nc(-c4c(F)cccc4F)[nH]c3-c3ccccc3)cc21.CS(=O)(=O)O. The van der Waals surface area contributed by atoms with Gasteiger partial charge in [0.25, 0.3) is 10.1 Å². The maximum Gasteiger partial charge on any atom is 0.261 e. The summed E-state index contributed by atoms with van der Waals surface area (Å²) in [5, 5.41) is 0. The molecule has 0 aliphatic heterocycles. The molecule has 0 fully saturated rings. The summed E-state index contributed by atoms with van der Waals surface area (Å²) in [6.45, 7) is 4.96.